The summed E-state index contributed by atoms with van der Waals surface area (Å²) in [5.74, 6) is -0.981. The summed E-state index contributed by atoms with van der Waals surface area (Å²) in [5, 5.41) is 35.4. The Labute approximate surface area is 302 Å². The number of aliphatic hydroxyl groups is 2. The average Bonchev–Trinajstić information content (AvgIpc) is 3.06. The molecule has 1 heterocycles. The molecule has 0 saturated carbocycles. The molecule has 0 saturated heterocycles. The third-order valence-corrected chi connectivity index (χ3v) is 8.82. The molecule has 0 aliphatic carbocycles. The number of carbonyl (C=O) groups excluding carboxylic acids is 3. The molecule has 1 atom stereocenters. The average molecular weight is 743 g/mol. The van der Waals surface area contributed by atoms with Crippen LogP contribution in [0, 0.1) is 23.1 Å². The number of rotatable bonds is 17. The number of thioether (sulfide) groups is 2. The van der Waals surface area contributed by atoms with E-state index in [1.54, 1.807) is 31.2 Å². The molecule has 0 bridgehead atoms. The molecule has 1 amide bonds. The summed E-state index contributed by atoms with van der Waals surface area (Å²) in [6.07, 6.45) is 3.27. The molecular weight excluding hydrogens is 707 g/mol. The lowest BCUT2D eigenvalue weighted by Crippen LogP contribution is -2.28. The van der Waals surface area contributed by atoms with Gasteiger partial charge in [0, 0.05) is 48.7 Å². The number of ether oxygens (including phenoxy) is 2. The van der Waals surface area contributed by atoms with Crippen LogP contribution in [0.1, 0.15) is 31.9 Å². The fraction of sp³-hybridized carbons (Fsp3) is 0.286. The molecule has 3 aromatic rings. The largest absolute Gasteiger partial charge is 0.489 e. The zero-order valence-corrected chi connectivity index (χ0v) is 29.9. The summed E-state index contributed by atoms with van der Waals surface area (Å²) in [6.45, 7) is 7.60. The fourth-order valence-corrected chi connectivity index (χ4v) is 5.87. The summed E-state index contributed by atoms with van der Waals surface area (Å²) < 4.78 is 25.1. The van der Waals surface area contributed by atoms with Gasteiger partial charge in [0.15, 0.2) is 10.2 Å². The molecular formula is C35H36ClFN4O7S2. The standard InChI is InChI=1S/C35H36ClFN4O7S2/c1-20(8-9-32(21(2)36)47-16-24-6-5-7-27(37)10-24)40-34-25(13-38)14-39-30-12-33(48-17-28(45)15-42)31(11-29(30)34)41-35(46)26(18-49-22(3)43)19-50-23(4)44/h5-12,14,26,28,42,45H,1,15-19H2,2-4H3,(H,39,40)(H,41,46)/b9-8-,32-21-/t28-/m1/s1. The maximum absolute atomic E-state index is 13.6. The van der Waals surface area contributed by atoms with E-state index in [0.29, 0.717) is 38.6 Å². The van der Waals surface area contributed by atoms with Crippen molar-refractivity contribution in [2.24, 2.45) is 5.92 Å². The van der Waals surface area contributed by atoms with Crippen molar-refractivity contribution in [3.63, 3.8) is 0 Å². The van der Waals surface area contributed by atoms with E-state index in [-0.39, 0.29) is 52.0 Å². The van der Waals surface area contributed by atoms with Crippen molar-refractivity contribution in [1.82, 2.24) is 4.98 Å². The Bertz CT molecular complexity index is 1830. The van der Waals surface area contributed by atoms with Crippen LogP contribution in [0.2, 0.25) is 0 Å². The molecule has 2 aromatic carbocycles. The number of aromatic nitrogens is 1. The van der Waals surface area contributed by atoms with Gasteiger partial charge in [0.1, 0.15) is 42.7 Å². The maximum Gasteiger partial charge on any atom is 0.229 e. The number of hydrogen-bond donors (Lipinski definition) is 4. The summed E-state index contributed by atoms with van der Waals surface area (Å²) in [5.41, 5.74) is 1.86. The number of aliphatic hydroxyl groups excluding tert-OH is 2. The minimum atomic E-state index is -1.21. The smallest absolute Gasteiger partial charge is 0.229 e. The van der Waals surface area contributed by atoms with Crippen LogP contribution in [0.4, 0.5) is 15.8 Å². The first-order chi connectivity index (χ1) is 23.8. The zero-order valence-electron chi connectivity index (χ0n) is 27.5. The lowest BCUT2D eigenvalue weighted by molar-refractivity contribution is -0.118. The van der Waals surface area contributed by atoms with E-state index < -0.39 is 30.4 Å². The van der Waals surface area contributed by atoms with Gasteiger partial charge in [0.2, 0.25) is 5.91 Å². The molecule has 3 rings (SSSR count). The number of benzene rings is 2. The molecule has 264 valence electrons. The van der Waals surface area contributed by atoms with Crippen molar-refractivity contribution in [2.45, 2.75) is 33.5 Å². The lowest BCUT2D eigenvalue weighted by atomic mass is 10.1. The first kappa shape index (κ1) is 40.0. The van der Waals surface area contributed by atoms with E-state index in [4.69, 9.17) is 21.1 Å². The van der Waals surface area contributed by atoms with Crippen LogP contribution >= 0.6 is 35.1 Å². The van der Waals surface area contributed by atoms with E-state index in [9.17, 15) is 34.2 Å². The number of anilines is 2. The van der Waals surface area contributed by atoms with Crippen molar-refractivity contribution in [3.8, 4) is 11.8 Å². The van der Waals surface area contributed by atoms with Crippen LogP contribution in [0.25, 0.3) is 10.9 Å². The highest BCUT2D eigenvalue weighted by Gasteiger charge is 2.23. The van der Waals surface area contributed by atoms with Gasteiger partial charge < -0.3 is 30.3 Å². The molecule has 50 heavy (non-hydrogen) atoms. The highest BCUT2D eigenvalue weighted by atomic mass is 35.5. The van der Waals surface area contributed by atoms with E-state index >= 15 is 0 Å². The second-order valence-corrected chi connectivity index (χ2v) is 13.7. The number of allylic oxidation sites excluding steroid dienone is 3. The molecule has 0 aliphatic rings. The minimum Gasteiger partial charge on any atom is -0.489 e. The molecule has 0 fully saturated rings. The fourth-order valence-electron chi connectivity index (χ4n) is 4.19. The van der Waals surface area contributed by atoms with Gasteiger partial charge in [0.25, 0.3) is 0 Å². The monoisotopic (exact) mass is 742 g/mol. The molecule has 4 N–H and O–H groups in total. The van der Waals surface area contributed by atoms with Crippen molar-refractivity contribution in [1.29, 1.82) is 5.26 Å². The second-order valence-electron chi connectivity index (χ2n) is 10.8. The van der Waals surface area contributed by atoms with Crippen LogP contribution in [-0.2, 0) is 25.7 Å². The Morgan fingerprint density at radius 3 is 2.42 bits per heavy atom. The third kappa shape index (κ3) is 12.5. The second kappa shape index (κ2) is 19.7. The maximum atomic E-state index is 13.6. The molecule has 0 unspecified atom stereocenters. The van der Waals surface area contributed by atoms with Crippen molar-refractivity contribution in [3.05, 3.63) is 94.8 Å². The number of fused-ring (bicyclic) bond motifs is 1. The predicted octanol–water partition coefficient (Wildman–Crippen LogP) is 6.26. The summed E-state index contributed by atoms with van der Waals surface area (Å²) in [7, 11) is 0. The molecule has 0 spiro atoms. The number of carbonyl (C=O) groups is 3. The first-order valence-electron chi connectivity index (χ1n) is 15.0. The van der Waals surface area contributed by atoms with Crippen LogP contribution in [0.3, 0.4) is 0 Å². The topological polar surface area (TPSA) is 171 Å². The van der Waals surface area contributed by atoms with Gasteiger partial charge in [0.05, 0.1) is 40.0 Å². The normalized spacial score (nSPS) is 12.3. The number of nitriles is 1. The number of pyridine rings is 1. The number of halogens is 2. The summed E-state index contributed by atoms with van der Waals surface area (Å²) in [6, 6.07) is 11.1. The van der Waals surface area contributed by atoms with Gasteiger partial charge >= 0.3 is 0 Å². The van der Waals surface area contributed by atoms with Gasteiger partial charge in [-0.1, -0.05) is 53.8 Å². The predicted molar refractivity (Wildman–Crippen MR) is 195 cm³/mol. The Hall–Kier alpha value is -4.39. The van der Waals surface area contributed by atoms with E-state index in [1.165, 1.54) is 44.3 Å². The zero-order chi connectivity index (χ0) is 36.8. The quantitative estimate of drug-likeness (QED) is 0.0906. The summed E-state index contributed by atoms with van der Waals surface area (Å²) in [4.78, 5) is 41.2. The highest BCUT2D eigenvalue weighted by molar-refractivity contribution is 8.14. The van der Waals surface area contributed by atoms with Gasteiger partial charge in [-0.25, -0.2) is 4.39 Å². The summed E-state index contributed by atoms with van der Waals surface area (Å²) >= 11 is 8.16. The Morgan fingerprint density at radius 2 is 1.82 bits per heavy atom. The van der Waals surface area contributed by atoms with Crippen LogP contribution < -0.4 is 15.4 Å². The van der Waals surface area contributed by atoms with Crippen LogP contribution in [-0.4, -0.2) is 62.2 Å². The number of nitrogens with zero attached hydrogens (tertiary/aromatic N) is 2. The van der Waals surface area contributed by atoms with Crippen molar-refractivity contribution >= 4 is 73.5 Å². The molecule has 0 aliphatic heterocycles. The van der Waals surface area contributed by atoms with Crippen molar-refractivity contribution in [2.75, 3.05) is 35.4 Å². The SMILES string of the molecule is C=C(/C=C\C(OCc1cccc(F)c1)=C(/C)Cl)Nc1c(C#N)cnc2cc(OC[C@H](O)CO)c(NC(=O)C(CSC(C)=O)CSC(C)=O)cc12. The van der Waals surface area contributed by atoms with Gasteiger partial charge in [-0.3, -0.25) is 19.4 Å². The van der Waals surface area contributed by atoms with Crippen molar-refractivity contribution < 1.29 is 38.5 Å². The van der Waals surface area contributed by atoms with E-state index in [1.807, 2.05) is 0 Å². The van der Waals surface area contributed by atoms with Gasteiger partial charge in [-0.05, 0) is 42.8 Å². The molecule has 15 heteroatoms. The molecule has 1 aromatic heterocycles. The number of hydrogen-bond acceptors (Lipinski definition) is 12. The number of amides is 1. The molecule has 0 radical (unpaired) electrons. The molecule has 11 nitrogen and oxygen atoms in total. The number of nitrogens with one attached hydrogen (secondary N) is 2. The minimum absolute atomic E-state index is 0.0605. The van der Waals surface area contributed by atoms with Gasteiger partial charge in [-0.2, -0.15) is 5.26 Å². The van der Waals surface area contributed by atoms with E-state index in [0.717, 1.165) is 23.5 Å². The van der Waals surface area contributed by atoms with E-state index in [2.05, 4.69) is 28.3 Å². The van der Waals surface area contributed by atoms with Crippen LogP contribution in [0.15, 0.2) is 77.8 Å². The Kier molecular flexibility index (Phi) is 15.8. The first-order valence-corrected chi connectivity index (χ1v) is 17.4. The highest BCUT2D eigenvalue weighted by Crippen LogP contribution is 2.36. The Balaban J connectivity index is 1.98. The Morgan fingerprint density at radius 1 is 1.12 bits per heavy atom. The lowest BCUT2D eigenvalue weighted by Gasteiger charge is -2.20. The van der Waals surface area contributed by atoms with Gasteiger partial charge in [-0.15, -0.1) is 0 Å². The van der Waals surface area contributed by atoms with Crippen LogP contribution in [0.5, 0.6) is 5.75 Å². The third-order valence-electron chi connectivity index (χ3n) is 6.68.